The number of ether oxygens (including phenoxy) is 1. The number of pyridine rings is 1. The Kier molecular flexibility index (Phi) is 5.46. The summed E-state index contributed by atoms with van der Waals surface area (Å²) in [6.45, 7) is 2.11. The van der Waals surface area contributed by atoms with Gasteiger partial charge in [0.25, 0.3) is 0 Å². The van der Waals surface area contributed by atoms with Gasteiger partial charge in [-0.2, -0.15) is 5.10 Å². The number of aromatic nitrogens is 4. The number of rotatable bonds is 7. The SMILES string of the molecule is CN(C)CCOc1cc(CNc2nccn3ncc(I)c23)ccn1. The zero-order valence-electron chi connectivity index (χ0n) is 13.6. The summed E-state index contributed by atoms with van der Waals surface area (Å²) in [5, 5.41) is 7.66. The lowest BCUT2D eigenvalue weighted by Gasteiger charge is -2.11. The highest BCUT2D eigenvalue weighted by molar-refractivity contribution is 14.1. The van der Waals surface area contributed by atoms with Crippen molar-refractivity contribution in [3.63, 3.8) is 0 Å². The summed E-state index contributed by atoms with van der Waals surface area (Å²) in [5.41, 5.74) is 2.07. The highest BCUT2D eigenvalue weighted by Crippen LogP contribution is 2.20. The summed E-state index contributed by atoms with van der Waals surface area (Å²) >= 11 is 2.26. The van der Waals surface area contributed by atoms with Crippen molar-refractivity contribution in [2.24, 2.45) is 0 Å². The number of halogens is 1. The smallest absolute Gasteiger partial charge is 0.213 e. The topological polar surface area (TPSA) is 67.6 Å². The van der Waals surface area contributed by atoms with Crippen LogP contribution in [0.3, 0.4) is 0 Å². The van der Waals surface area contributed by atoms with Crippen molar-refractivity contribution in [2.45, 2.75) is 6.54 Å². The number of likely N-dealkylation sites (N-methyl/N-ethyl adjacent to an activating group) is 1. The molecule has 0 aliphatic carbocycles. The molecule has 0 bridgehead atoms. The van der Waals surface area contributed by atoms with Crippen LogP contribution >= 0.6 is 22.6 Å². The van der Waals surface area contributed by atoms with Crippen molar-refractivity contribution >= 4 is 33.9 Å². The maximum atomic E-state index is 5.67. The monoisotopic (exact) mass is 438 g/mol. The molecule has 3 aromatic heterocycles. The predicted molar refractivity (Wildman–Crippen MR) is 101 cm³/mol. The minimum Gasteiger partial charge on any atom is -0.476 e. The lowest BCUT2D eigenvalue weighted by Crippen LogP contribution is -2.19. The van der Waals surface area contributed by atoms with Crippen molar-refractivity contribution in [2.75, 3.05) is 32.6 Å². The summed E-state index contributed by atoms with van der Waals surface area (Å²) in [5.74, 6) is 1.45. The minimum absolute atomic E-state index is 0.617. The maximum absolute atomic E-state index is 5.67. The Hall–Kier alpha value is -1.94. The number of hydrogen-bond acceptors (Lipinski definition) is 6. The van der Waals surface area contributed by atoms with Crippen LogP contribution in [-0.2, 0) is 6.54 Å². The maximum Gasteiger partial charge on any atom is 0.213 e. The molecule has 0 fully saturated rings. The van der Waals surface area contributed by atoms with E-state index in [2.05, 4.69) is 47.9 Å². The van der Waals surface area contributed by atoms with Gasteiger partial charge in [-0.05, 0) is 48.3 Å². The summed E-state index contributed by atoms with van der Waals surface area (Å²) in [4.78, 5) is 10.7. The van der Waals surface area contributed by atoms with E-state index >= 15 is 0 Å². The van der Waals surface area contributed by atoms with Crippen molar-refractivity contribution in [3.8, 4) is 5.88 Å². The van der Waals surface area contributed by atoms with E-state index in [1.54, 1.807) is 12.4 Å². The fraction of sp³-hybridized carbons (Fsp3) is 0.312. The number of nitrogens with one attached hydrogen (secondary N) is 1. The Morgan fingerprint density at radius 1 is 1.29 bits per heavy atom. The van der Waals surface area contributed by atoms with Gasteiger partial charge in [0.2, 0.25) is 5.88 Å². The fourth-order valence-corrected chi connectivity index (χ4v) is 2.82. The third-order valence-corrected chi connectivity index (χ3v) is 4.22. The molecular formula is C16H19IN6O. The van der Waals surface area contributed by atoms with Gasteiger partial charge in [-0.15, -0.1) is 0 Å². The highest BCUT2D eigenvalue weighted by atomic mass is 127. The third kappa shape index (κ3) is 4.12. The van der Waals surface area contributed by atoms with Gasteiger partial charge in [-0.1, -0.05) is 0 Å². The molecule has 0 radical (unpaired) electrons. The number of hydrogen-bond donors (Lipinski definition) is 1. The first-order valence-electron chi connectivity index (χ1n) is 7.57. The van der Waals surface area contributed by atoms with Gasteiger partial charge in [0.1, 0.15) is 12.1 Å². The van der Waals surface area contributed by atoms with Gasteiger partial charge in [0, 0.05) is 37.7 Å². The van der Waals surface area contributed by atoms with Crippen molar-refractivity contribution < 1.29 is 4.74 Å². The molecule has 3 aromatic rings. The Bertz CT molecular complexity index is 819. The van der Waals surface area contributed by atoms with Crippen molar-refractivity contribution in [1.29, 1.82) is 0 Å². The average molecular weight is 438 g/mol. The summed E-state index contributed by atoms with van der Waals surface area (Å²) in [7, 11) is 4.03. The van der Waals surface area contributed by atoms with Crippen LogP contribution in [0.15, 0.2) is 36.9 Å². The number of nitrogens with zero attached hydrogens (tertiary/aromatic N) is 5. The van der Waals surface area contributed by atoms with Crippen molar-refractivity contribution in [1.82, 2.24) is 24.5 Å². The van der Waals surface area contributed by atoms with E-state index in [0.29, 0.717) is 19.0 Å². The van der Waals surface area contributed by atoms with Crippen LogP contribution in [0.1, 0.15) is 5.56 Å². The number of fused-ring (bicyclic) bond motifs is 1. The van der Waals surface area contributed by atoms with Gasteiger partial charge in [-0.25, -0.2) is 14.5 Å². The van der Waals surface area contributed by atoms with Crippen LogP contribution in [0.2, 0.25) is 0 Å². The lowest BCUT2D eigenvalue weighted by molar-refractivity contribution is 0.253. The van der Waals surface area contributed by atoms with E-state index in [9.17, 15) is 0 Å². The first-order valence-corrected chi connectivity index (χ1v) is 8.65. The van der Waals surface area contributed by atoms with Crippen LogP contribution in [-0.4, -0.2) is 51.7 Å². The van der Waals surface area contributed by atoms with Gasteiger partial charge >= 0.3 is 0 Å². The first kappa shape index (κ1) is 16.9. The van der Waals surface area contributed by atoms with Gasteiger partial charge in [0.05, 0.1) is 9.77 Å². The minimum atomic E-state index is 0.617. The average Bonchev–Trinajstić information content (AvgIpc) is 2.95. The Labute approximate surface area is 154 Å². The number of anilines is 1. The normalized spacial score (nSPS) is 11.2. The molecule has 7 nitrogen and oxygen atoms in total. The second-order valence-electron chi connectivity index (χ2n) is 5.57. The molecule has 0 unspecified atom stereocenters. The molecule has 3 rings (SSSR count). The van der Waals surface area contributed by atoms with Crippen LogP contribution in [0.5, 0.6) is 5.88 Å². The Balaban J connectivity index is 1.67. The second kappa shape index (κ2) is 7.75. The Morgan fingerprint density at radius 3 is 3.00 bits per heavy atom. The molecule has 24 heavy (non-hydrogen) atoms. The van der Waals surface area contributed by atoms with E-state index in [1.807, 2.05) is 43.1 Å². The van der Waals surface area contributed by atoms with Crippen LogP contribution < -0.4 is 10.1 Å². The Morgan fingerprint density at radius 2 is 2.17 bits per heavy atom. The van der Waals surface area contributed by atoms with Crippen LogP contribution in [0, 0.1) is 3.57 Å². The molecule has 0 amide bonds. The van der Waals surface area contributed by atoms with E-state index in [4.69, 9.17) is 4.74 Å². The summed E-state index contributed by atoms with van der Waals surface area (Å²) in [6, 6.07) is 3.91. The first-order chi connectivity index (χ1) is 11.6. The van der Waals surface area contributed by atoms with E-state index in [1.165, 1.54) is 0 Å². The molecule has 0 saturated heterocycles. The quantitative estimate of drug-likeness (QED) is 0.572. The lowest BCUT2D eigenvalue weighted by atomic mass is 10.2. The second-order valence-corrected chi connectivity index (χ2v) is 6.73. The molecule has 0 aromatic carbocycles. The zero-order valence-corrected chi connectivity index (χ0v) is 15.8. The molecule has 0 atom stereocenters. The van der Waals surface area contributed by atoms with E-state index in [0.717, 1.165) is 27.0 Å². The van der Waals surface area contributed by atoms with Crippen molar-refractivity contribution in [3.05, 3.63) is 46.1 Å². The molecule has 0 aliphatic heterocycles. The zero-order chi connectivity index (χ0) is 16.9. The molecule has 3 heterocycles. The van der Waals surface area contributed by atoms with Gasteiger partial charge < -0.3 is 15.0 Å². The summed E-state index contributed by atoms with van der Waals surface area (Å²) < 4.78 is 8.55. The summed E-state index contributed by atoms with van der Waals surface area (Å²) in [6.07, 6.45) is 7.16. The third-order valence-electron chi connectivity index (χ3n) is 3.43. The molecular weight excluding hydrogens is 419 g/mol. The van der Waals surface area contributed by atoms with E-state index < -0.39 is 0 Å². The molecule has 126 valence electrons. The molecule has 0 saturated carbocycles. The molecule has 0 aliphatic rings. The molecule has 1 N–H and O–H groups in total. The largest absolute Gasteiger partial charge is 0.476 e. The predicted octanol–water partition coefficient (Wildman–Crippen LogP) is 2.28. The fourth-order valence-electron chi connectivity index (χ4n) is 2.20. The van der Waals surface area contributed by atoms with E-state index in [-0.39, 0.29) is 0 Å². The van der Waals surface area contributed by atoms with Gasteiger partial charge in [0.15, 0.2) is 5.82 Å². The highest BCUT2D eigenvalue weighted by Gasteiger charge is 2.08. The molecule has 8 heteroatoms. The standard InChI is InChI=1S/C16H19IN6O/c1-22(2)7-8-24-14-9-12(3-4-18-14)10-20-16-15-13(17)11-21-23(15)6-5-19-16/h3-6,9,11H,7-8,10H2,1-2H3,(H,19,20). The van der Waals surface area contributed by atoms with Gasteiger partial charge in [-0.3, -0.25) is 0 Å². The van der Waals surface area contributed by atoms with Crippen LogP contribution in [0.4, 0.5) is 5.82 Å². The van der Waals surface area contributed by atoms with Crippen LogP contribution in [0.25, 0.3) is 5.52 Å². The molecule has 0 spiro atoms.